The summed E-state index contributed by atoms with van der Waals surface area (Å²) in [5.41, 5.74) is 5.27. The highest BCUT2D eigenvalue weighted by Crippen LogP contribution is 1.84. The van der Waals surface area contributed by atoms with Gasteiger partial charge in [0.05, 0.1) is 6.54 Å². The van der Waals surface area contributed by atoms with Crippen molar-refractivity contribution in [1.29, 1.82) is 0 Å². The lowest BCUT2D eigenvalue weighted by atomic mass is 10.6. The van der Waals surface area contributed by atoms with Crippen molar-refractivity contribution in [1.82, 2.24) is 14.8 Å². The topological polar surface area (TPSA) is 56.7 Å². The summed E-state index contributed by atoms with van der Waals surface area (Å²) in [6.07, 6.45) is 1.49. The van der Waals surface area contributed by atoms with Gasteiger partial charge in [-0.15, -0.1) is 24.8 Å². The molecule has 0 atom stereocenters. The molecule has 60 valence electrons. The minimum absolute atomic E-state index is 0. The smallest absolute Gasteiger partial charge is 0.140 e. The van der Waals surface area contributed by atoms with Crippen LogP contribution in [0.3, 0.4) is 0 Å². The van der Waals surface area contributed by atoms with E-state index in [0.29, 0.717) is 6.54 Å². The molecule has 1 heterocycles. The second-order valence-electron chi connectivity index (χ2n) is 1.50. The van der Waals surface area contributed by atoms with Gasteiger partial charge in [-0.3, -0.25) is 4.68 Å². The van der Waals surface area contributed by atoms with E-state index in [1.54, 1.807) is 4.68 Å². The largest absolute Gasteiger partial charge is 0.324 e. The predicted octanol–water partition coefficient (Wildman–Crippen LogP) is 0.117. The average Bonchev–Trinajstić information content (AvgIpc) is 2.14. The maximum atomic E-state index is 5.27. The summed E-state index contributed by atoms with van der Waals surface area (Å²) < 4.78 is 1.65. The van der Waals surface area contributed by atoms with E-state index in [9.17, 15) is 0 Å². The first-order valence-corrected chi connectivity index (χ1v) is 2.37. The number of nitrogens with zero attached hydrogens (tertiary/aromatic N) is 3. The lowest BCUT2D eigenvalue weighted by Crippen LogP contribution is -2.05. The van der Waals surface area contributed by atoms with Gasteiger partial charge in [0, 0.05) is 7.05 Å². The normalized spacial score (nSPS) is 7.80. The molecule has 10 heavy (non-hydrogen) atoms. The minimum Gasteiger partial charge on any atom is -0.324 e. The van der Waals surface area contributed by atoms with Gasteiger partial charge < -0.3 is 5.73 Å². The highest BCUT2D eigenvalue weighted by Gasteiger charge is 1.92. The highest BCUT2D eigenvalue weighted by molar-refractivity contribution is 5.85. The van der Waals surface area contributed by atoms with Crippen LogP contribution in [0, 0.1) is 0 Å². The van der Waals surface area contributed by atoms with Crippen LogP contribution in [-0.2, 0) is 13.6 Å². The first kappa shape index (κ1) is 12.4. The molecule has 1 rings (SSSR count). The van der Waals surface area contributed by atoms with E-state index in [1.807, 2.05) is 7.05 Å². The molecule has 0 bridgehead atoms. The van der Waals surface area contributed by atoms with Gasteiger partial charge in [-0.2, -0.15) is 5.10 Å². The molecular formula is C4H10Cl2N4. The third-order valence-electron chi connectivity index (χ3n) is 0.988. The van der Waals surface area contributed by atoms with Gasteiger partial charge in [0.15, 0.2) is 0 Å². The number of aryl methyl sites for hydroxylation is 1. The Bertz CT molecular complexity index is 176. The molecule has 0 amide bonds. The summed E-state index contributed by atoms with van der Waals surface area (Å²) in [6.45, 7) is 0.455. The summed E-state index contributed by atoms with van der Waals surface area (Å²) in [5.74, 6) is 0.810. The van der Waals surface area contributed by atoms with Gasteiger partial charge in [0.2, 0.25) is 0 Å². The molecule has 0 aliphatic heterocycles. The van der Waals surface area contributed by atoms with Crippen molar-refractivity contribution in [2.75, 3.05) is 0 Å². The Balaban J connectivity index is 0. The van der Waals surface area contributed by atoms with Crippen molar-refractivity contribution < 1.29 is 0 Å². The van der Waals surface area contributed by atoms with Crippen LogP contribution in [0.1, 0.15) is 5.82 Å². The van der Waals surface area contributed by atoms with Crippen molar-refractivity contribution in [2.24, 2.45) is 12.8 Å². The lowest BCUT2D eigenvalue weighted by Gasteiger charge is -1.90. The van der Waals surface area contributed by atoms with Crippen molar-refractivity contribution >= 4 is 24.8 Å². The average molecular weight is 185 g/mol. The molecule has 6 heteroatoms. The highest BCUT2D eigenvalue weighted by atomic mass is 35.5. The molecule has 0 aromatic carbocycles. The number of aromatic nitrogens is 3. The first-order valence-electron chi connectivity index (χ1n) is 2.37. The molecule has 1 aromatic heterocycles. The molecule has 0 aliphatic rings. The van der Waals surface area contributed by atoms with Crippen molar-refractivity contribution in [2.45, 2.75) is 6.54 Å². The molecule has 0 fully saturated rings. The Morgan fingerprint density at radius 3 is 2.40 bits per heavy atom. The molecule has 0 aliphatic carbocycles. The van der Waals surface area contributed by atoms with Crippen LogP contribution in [0.4, 0.5) is 0 Å². The third-order valence-corrected chi connectivity index (χ3v) is 0.988. The molecule has 1 aromatic rings. The standard InChI is InChI=1S/C4H8N4.2ClH/c1-8-4(2-5)6-3-7-8;;/h3H,2,5H2,1H3;2*1H. The van der Waals surface area contributed by atoms with E-state index in [1.165, 1.54) is 6.33 Å². The predicted molar refractivity (Wildman–Crippen MR) is 43.4 cm³/mol. The van der Waals surface area contributed by atoms with E-state index < -0.39 is 0 Å². The van der Waals surface area contributed by atoms with Crippen molar-refractivity contribution in [3.8, 4) is 0 Å². The van der Waals surface area contributed by atoms with Crippen LogP contribution < -0.4 is 5.73 Å². The van der Waals surface area contributed by atoms with Crippen LogP contribution >= 0.6 is 24.8 Å². The van der Waals surface area contributed by atoms with Crippen LogP contribution in [0.2, 0.25) is 0 Å². The zero-order valence-corrected chi connectivity index (χ0v) is 7.15. The Hall–Kier alpha value is -0.320. The second kappa shape index (κ2) is 5.46. The van der Waals surface area contributed by atoms with E-state index in [2.05, 4.69) is 10.1 Å². The fourth-order valence-electron chi connectivity index (χ4n) is 0.505. The minimum atomic E-state index is 0. The fraction of sp³-hybridized carbons (Fsp3) is 0.500. The number of nitrogens with two attached hydrogens (primary N) is 1. The summed E-state index contributed by atoms with van der Waals surface area (Å²) in [5, 5.41) is 3.81. The monoisotopic (exact) mass is 184 g/mol. The van der Waals surface area contributed by atoms with Crippen molar-refractivity contribution in [3.05, 3.63) is 12.2 Å². The second-order valence-corrected chi connectivity index (χ2v) is 1.50. The summed E-state index contributed by atoms with van der Waals surface area (Å²) in [7, 11) is 1.81. The van der Waals surface area contributed by atoms with Crippen LogP contribution in [0.15, 0.2) is 6.33 Å². The lowest BCUT2D eigenvalue weighted by molar-refractivity contribution is 0.702. The Kier molecular flexibility index (Phi) is 6.76. The molecule has 0 spiro atoms. The zero-order chi connectivity index (χ0) is 5.98. The van der Waals surface area contributed by atoms with Gasteiger partial charge in [-0.05, 0) is 0 Å². The number of rotatable bonds is 1. The van der Waals surface area contributed by atoms with E-state index in [-0.39, 0.29) is 24.8 Å². The maximum absolute atomic E-state index is 5.27. The molecule has 0 radical (unpaired) electrons. The van der Waals surface area contributed by atoms with Gasteiger partial charge in [-0.25, -0.2) is 4.98 Å². The van der Waals surface area contributed by atoms with E-state index >= 15 is 0 Å². The molecule has 0 saturated heterocycles. The Labute approximate surface area is 71.6 Å². The maximum Gasteiger partial charge on any atom is 0.140 e. The molecule has 0 unspecified atom stereocenters. The zero-order valence-electron chi connectivity index (χ0n) is 5.52. The molecule has 2 N–H and O–H groups in total. The molecular weight excluding hydrogens is 175 g/mol. The van der Waals surface area contributed by atoms with Gasteiger partial charge >= 0.3 is 0 Å². The quantitative estimate of drug-likeness (QED) is 0.675. The number of hydrogen-bond donors (Lipinski definition) is 1. The summed E-state index contributed by atoms with van der Waals surface area (Å²) in [6, 6.07) is 0. The van der Waals surface area contributed by atoms with E-state index in [4.69, 9.17) is 5.73 Å². The van der Waals surface area contributed by atoms with Gasteiger partial charge in [0.1, 0.15) is 12.2 Å². The SMILES string of the molecule is Cl.Cl.Cn1ncnc1CN. The van der Waals surface area contributed by atoms with Gasteiger partial charge in [-0.1, -0.05) is 0 Å². The summed E-state index contributed by atoms with van der Waals surface area (Å²) in [4.78, 5) is 3.86. The Morgan fingerprint density at radius 2 is 2.20 bits per heavy atom. The van der Waals surface area contributed by atoms with Crippen LogP contribution in [-0.4, -0.2) is 14.8 Å². The van der Waals surface area contributed by atoms with Crippen LogP contribution in [0.5, 0.6) is 0 Å². The first-order chi connectivity index (χ1) is 3.84. The molecule has 4 nitrogen and oxygen atoms in total. The fourth-order valence-corrected chi connectivity index (χ4v) is 0.505. The molecule has 0 saturated carbocycles. The van der Waals surface area contributed by atoms with Gasteiger partial charge in [0.25, 0.3) is 0 Å². The third kappa shape index (κ3) is 2.51. The summed E-state index contributed by atoms with van der Waals surface area (Å²) >= 11 is 0. The van der Waals surface area contributed by atoms with Crippen molar-refractivity contribution in [3.63, 3.8) is 0 Å². The van der Waals surface area contributed by atoms with E-state index in [0.717, 1.165) is 5.82 Å². The number of halogens is 2. The Morgan fingerprint density at radius 1 is 1.60 bits per heavy atom. The number of hydrogen-bond acceptors (Lipinski definition) is 3. The van der Waals surface area contributed by atoms with Crippen LogP contribution in [0.25, 0.3) is 0 Å².